The first-order valence-electron chi connectivity index (χ1n) is 8.58. The summed E-state index contributed by atoms with van der Waals surface area (Å²) in [7, 11) is 0. The van der Waals surface area contributed by atoms with E-state index in [0.29, 0.717) is 12.8 Å². The van der Waals surface area contributed by atoms with Gasteiger partial charge in [-0.1, -0.05) is 12.1 Å². The Hall–Kier alpha value is -1.14. The quantitative estimate of drug-likeness (QED) is 0.478. The summed E-state index contributed by atoms with van der Waals surface area (Å²) >= 11 is 3.29. The molecule has 0 saturated heterocycles. The molecule has 1 aromatic carbocycles. The molecule has 0 aliphatic carbocycles. The van der Waals surface area contributed by atoms with Gasteiger partial charge in [-0.2, -0.15) is 0 Å². The molecule has 25 heavy (non-hydrogen) atoms. The summed E-state index contributed by atoms with van der Waals surface area (Å²) in [6, 6.07) is 12.4. The number of nitrogens with two attached hydrogens (primary N) is 1. The number of thioether (sulfide) groups is 1. The van der Waals surface area contributed by atoms with Gasteiger partial charge in [0.05, 0.1) is 11.5 Å². The summed E-state index contributed by atoms with van der Waals surface area (Å²) in [6.45, 7) is 1.82. The smallest absolute Gasteiger partial charge is 0.172 e. The van der Waals surface area contributed by atoms with Crippen molar-refractivity contribution in [2.75, 3.05) is 12.9 Å². The maximum atomic E-state index is 12.4. The lowest BCUT2D eigenvalue weighted by Gasteiger charge is -2.20. The van der Waals surface area contributed by atoms with E-state index in [2.05, 4.69) is 30.5 Å². The van der Waals surface area contributed by atoms with Crippen molar-refractivity contribution in [2.45, 2.75) is 49.5 Å². The Balaban J connectivity index is 1.81. The number of aliphatic hydroxyl groups excluding tert-OH is 1. The van der Waals surface area contributed by atoms with E-state index in [1.54, 1.807) is 23.1 Å². The van der Waals surface area contributed by atoms with Crippen molar-refractivity contribution in [3.63, 3.8) is 0 Å². The van der Waals surface area contributed by atoms with Crippen LogP contribution in [0.1, 0.15) is 46.3 Å². The third kappa shape index (κ3) is 6.59. The molecule has 0 saturated carbocycles. The maximum absolute atomic E-state index is 12.4. The number of carbonyl (C=O) groups is 1. The first kappa shape index (κ1) is 20.2. The van der Waals surface area contributed by atoms with Gasteiger partial charge in [0, 0.05) is 21.7 Å². The van der Waals surface area contributed by atoms with Crippen LogP contribution in [-0.4, -0.2) is 29.3 Å². The number of hydrogen-bond donors (Lipinski definition) is 2. The van der Waals surface area contributed by atoms with E-state index < -0.39 is 5.54 Å². The van der Waals surface area contributed by atoms with Crippen LogP contribution in [0.15, 0.2) is 41.3 Å². The van der Waals surface area contributed by atoms with Gasteiger partial charge in [0.15, 0.2) is 5.78 Å². The summed E-state index contributed by atoms with van der Waals surface area (Å²) in [4.78, 5) is 15.6. The average molecular weight is 378 g/mol. The second kappa shape index (κ2) is 9.53. The molecule has 3 N–H and O–H groups in total. The molecule has 0 radical (unpaired) electrons. The molecule has 0 spiro atoms. The first-order chi connectivity index (χ1) is 11.9. The molecule has 0 fully saturated rings. The molecular weight excluding hydrogens is 350 g/mol. The molecule has 1 unspecified atom stereocenters. The van der Waals surface area contributed by atoms with Crippen LogP contribution in [0.25, 0.3) is 0 Å². The van der Waals surface area contributed by atoms with Gasteiger partial charge < -0.3 is 10.8 Å². The Labute approximate surface area is 158 Å². The van der Waals surface area contributed by atoms with Crippen LogP contribution >= 0.6 is 23.1 Å². The highest BCUT2D eigenvalue weighted by Gasteiger charge is 2.17. The van der Waals surface area contributed by atoms with E-state index in [0.717, 1.165) is 29.0 Å². The first-order valence-corrected chi connectivity index (χ1v) is 10.6. The van der Waals surface area contributed by atoms with Gasteiger partial charge >= 0.3 is 0 Å². The Morgan fingerprint density at radius 3 is 2.80 bits per heavy atom. The van der Waals surface area contributed by atoms with Crippen LogP contribution in [0.2, 0.25) is 0 Å². The van der Waals surface area contributed by atoms with Crippen LogP contribution in [0.3, 0.4) is 0 Å². The normalized spacial score (nSPS) is 13.6. The van der Waals surface area contributed by atoms with E-state index in [9.17, 15) is 9.90 Å². The molecule has 0 aliphatic rings. The number of ketones is 1. The lowest BCUT2D eigenvalue weighted by molar-refractivity contribution is 0.0984. The van der Waals surface area contributed by atoms with Crippen LogP contribution in [-0.2, 0) is 12.8 Å². The minimum atomic E-state index is -0.556. The van der Waals surface area contributed by atoms with Crippen molar-refractivity contribution in [3.05, 3.63) is 51.7 Å². The summed E-state index contributed by atoms with van der Waals surface area (Å²) < 4.78 is 0. The summed E-state index contributed by atoms with van der Waals surface area (Å²) in [5.41, 5.74) is 6.69. The molecule has 136 valence electrons. The minimum Gasteiger partial charge on any atom is -0.394 e. The van der Waals surface area contributed by atoms with Gasteiger partial charge in [-0.25, -0.2) is 0 Å². The number of Topliss-reactive ketones (excluding diaryl/α,β-unsaturated/α-hetero) is 1. The van der Waals surface area contributed by atoms with Gasteiger partial charge in [-0.3, -0.25) is 4.79 Å². The zero-order valence-electron chi connectivity index (χ0n) is 15.0. The second-order valence-corrected chi connectivity index (χ2v) is 8.75. The second-order valence-electron chi connectivity index (χ2n) is 6.71. The fraction of sp³-hybridized carbons (Fsp3) is 0.450. The zero-order valence-corrected chi connectivity index (χ0v) is 16.6. The van der Waals surface area contributed by atoms with E-state index in [1.807, 2.05) is 19.1 Å². The summed E-state index contributed by atoms with van der Waals surface area (Å²) in [6.07, 6.45) is 5.96. The Morgan fingerprint density at radius 2 is 2.08 bits per heavy atom. The molecular formula is C20H27NO2S2. The van der Waals surface area contributed by atoms with Gasteiger partial charge in [0.1, 0.15) is 0 Å². The third-order valence-electron chi connectivity index (χ3n) is 4.24. The number of carbonyl (C=O) groups excluding carboxylic acids is 1. The molecule has 0 amide bonds. The van der Waals surface area contributed by atoms with Gasteiger partial charge in [-0.05, 0) is 68.7 Å². The molecule has 0 aliphatic heterocycles. The molecule has 2 aromatic rings. The summed E-state index contributed by atoms with van der Waals surface area (Å²) in [5.74, 6) is 0.218. The van der Waals surface area contributed by atoms with Gasteiger partial charge in [-0.15, -0.1) is 23.1 Å². The molecule has 2 rings (SSSR count). The lowest BCUT2D eigenvalue weighted by Crippen LogP contribution is -2.40. The topological polar surface area (TPSA) is 63.3 Å². The maximum Gasteiger partial charge on any atom is 0.172 e. The molecule has 1 aromatic heterocycles. The highest BCUT2D eigenvalue weighted by atomic mass is 32.2. The van der Waals surface area contributed by atoms with Crippen molar-refractivity contribution in [2.24, 2.45) is 5.73 Å². The Bertz CT molecular complexity index is 695. The molecule has 3 nitrogen and oxygen atoms in total. The van der Waals surface area contributed by atoms with E-state index >= 15 is 0 Å². The number of thiophene rings is 1. The monoisotopic (exact) mass is 377 g/mol. The van der Waals surface area contributed by atoms with Crippen molar-refractivity contribution in [3.8, 4) is 0 Å². The number of hydrogen-bond acceptors (Lipinski definition) is 5. The fourth-order valence-electron chi connectivity index (χ4n) is 2.55. The van der Waals surface area contributed by atoms with E-state index in [4.69, 9.17) is 5.73 Å². The highest BCUT2D eigenvalue weighted by molar-refractivity contribution is 7.98. The van der Waals surface area contributed by atoms with Crippen molar-refractivity contribution in [1.82, 2.24) is 0 Å². The Kier molecular flexibility index (Phi) is 7.69. The van der Waals surface area contributed by atoms with Gasteiger partial charge in [0.2, 0.25) is 0 Å². The largest absolute Gasteiger partial charge is 0.394 e. The van der Waals surface area contributed by atoms with E-state index in [-0.39, 0.29) is 12.4 Å². The predicted molar refractivity (Wildman–Crippen MR) is 108 cm³/mol. The lowest BCUT2D eigenvalue weighted by atomic mass is 9.98. The Morgan fingerprint density at radius 1 is 1.28 bits per heavy atom. The fourth-order valence-corrected chi connectivity index (χ4v) is 4.01. The number of aliphatic hydroxyl groups is 1. The average Bonchev–Trinajstić information content (AvgIpc) is 3.09. The zero-order chi connectivity index (χ0) is 18.3. The highest BCUT2D eigenvalue weighted by Crippen LogP contribution is 2.23. The molecule has 5 heteroatoms. The van der Waals surface area contributed by atoms with E-state index in [1.165, 1.54) is 10.5 Å². The molecule has 1 heterocycles. The SMILES string of the molecule is CSc1cccc(CCCC(=O)c2ccc(CCC(C)(N)CO)s2)c1. The van der Waals surface area contributed by atoms with Crippen LogP contribution in [0.4, 0.5) is 0 Å². The minimum absolute atomic E-state index is 0.0259. The van der Waals surface area contributed by atoms with Crippen molar-refractivity contribution >= 4 is 28.9 Å². The van der Waals surface area contributed by atoms with Crippen LogP contribution < -0.4 is 5.73 Å². The van der Waals surface area contributed by atoms with Gasteiger partial charge in [0.25, 0.3) is 0 Å². The standard InChI is InChI=1S/C20H27NO2S2/c1-20(21,14-22)12-11-16-9-10-19(25-16)18(23)8-4-6-15-5-3-7-17(13-15)24-2/h3,5,7,9-10,13,22H,4,6,8,11-12,14,21H2,1-2H3. The van der Waals surface area contributed by atoms with Crippen LogP contribution in [0, 0.1) is 0 Å². The molecule has 1 atom stereocenters. The predicted octanol–water partition coefficient (Wildman–Crippen LogP) is 4.32. The number of aryl methyl sites for hydroxylation is 2. The van der Waals surface area contributed by atoms with Crippen molar-refractivity contribution in [1.29, 1.82) is 0 Å². The third-order valence-corrected chi connectivity index (χ3v) is 6.16. The number of rotatable bonds is 10. The summed E-state index contributed by atoms with van der Waals surface area (Å²) in [5, 5.41) is 9.21. The molecule has 0 bridgehead atoms. The number of benzene rings is 1. The van der Waals surface area contributed by atoms with Crippen LogP contribution in [0.5, 0.6) is 0 Å². The van der Waals surface area contributed by atoms with Crippen molar-refractivity contribution < 1.29 is 9.90 Å².